The Morgan fingerprint density at radius 3 is 2.29 bits per heavy atom. The number of ether oxygens (including phenoxy) is 2. The zero-order valence-electron chi connectivity index (χ0n) is 17.5. The summed E-state index contributed by atoms with van der Waals surface area (Å²) in [6, 6.07) is 2.75. The topological polar surface area (TPSA) is 139 Å². The monoisotopic (exact) mass is 432 g/mol. The number of carbonyl (C=O) groups excluding carboxylic acids is 2. The van der Waals surface area contributed by atoms with Gasteiger partial charge in [-0.2, -0.15) is 0 Å². The van der Waals surface area contributed by atoms with Crippen LogP contribution in [0.2, 0.25) is 0 Å². The van der Waals surface area contributed by atoms with Crippen LogP contribution in [0.5, 0.6) is 0 Å². The van der Waals surface area contributed by atoms with Crippen molar-refractivity contribution in [3.63, 3.8) is 0 Å². The molecule has 3 aliphatic carbocycles. The second-order valence-electron chi connectivity index (χ2n) is 8.43. The smallest absolute Gasteiger partial charge is 0.339 e. The first-order valence-electron chi connectivity index (χ1n) is 10.0. The van der Waals surface area contributed by atoms with E-state index in [9.17, 15) is 29.8 Å². The molecule has 0 N–H and O–H groups in total. The Labute approximate surface area is 178 Å². The molecule has 3 aliphatic rings. The second-order valence-corrected chi connectivity index (χ2v) is 8.43. The van der Waals surface area contributed by atoms with E-state index in [-0.39, 0.29) is 23.5 Å². The van der Waals surface area contributed by atoms with Crippen molar-refractivity contribution in [3.8, 4) is 0 Å². The molecule has 10 nitrogen and oxygen atoms in total. The number of allylic oxidation sites excluding steroid dienone is 1. The summed E-state index contributed by atoms with van der Waals surface area (Å²) >= 11 is 0. The molecule has 4 atom stereocenters. The minimum atomic E-state index is -0.876. The number of hydrogen-bond acceptors (Lipinski definition) is 8. The quantitative estimate of drug-likeness (QED) is 0.273. The van der Waals surface area contributed by atoms with Crippen molar-refractivity contribution in [2.24, 2.45) is 17.3 Å². The molecule has 31 heavy (non-hydrogen) atoms. The molecular formula is C21H24N2O8. The van der Waals surface area contributed by atoms with E-state index in [2.05, 4.69) is 0 Å². The Kier molecular flexibility index (Phi) is 5.84. The van der Waals surface area contributed by atoms with E-state index in [4.69, 9.17) is 9.47 Å². The highest BCUT2D eigenvalue weighted by molar-refractivity contribution is 5.91. The zero-order chi connectivity index (χ0) is 23.0. The van der Waals surface area contributed by atoms with E-state index in [1.165, 1.54) is 6.08 Å². The third-order valence-electron chi connectivity index (χ3n) is 6.63. The van der Waals surface area contributed by atoms with Crippen LogP contribution in [0.15, 0.2) is 30.4 Å². The molecule has 1 unspecified atom stereocenters. The van der Waals surface area contributed by atoms with E-state index >= 15 is 0 Å². The maximum atomic E-state index is 12.8. The van der Waals surface area contributed by atoms with Gasteiger partial charge in [-0.1, -0.05) is 13.0 Å². The number of benzene rings is 1. The highest BCUT2D eigenvalue weighted by Gasteiger charge is 2.62. The van der Waals surface area contributed by atoms with Crippen LogP contribution in [0.25, 0.3) is 0 Å². The summed E-state index contributed by atoms with van der Waals surface area (Å²) in [6.45, 7) is 5.80. The Bertz CT molecular complexity index is 940. The van der Waals surface area contributed by atoms with Crippen molar-refractivity contribution in [1.29, 1.82) is 0 Å². The van der Waals surface area contributed by atoms with Gasteiger partial charge in [0.25, 0.3) is 11.4 Å². The number of nitro benzene ring substituents is 2. The number of nitro groups is 2. The fourth-order valence-corrected chi connectivity index (χ4v) is 4.89. The van der Waals surface area contributed by atoms with Gasteiger partial charge in [-0.15, -0.1) is 0 Å². The van der Waals surface area contributed by atoms with E-state index in [1.807, 2.05) is 13.0 Å². The number of nitrogens with zero attached hydrogens (tertiary/aromatic N) is 2. The molecular weight excluding hydrogens is 408 g/mol. The lowest BCUT2D eigenvalue weighted by Gasteiger charge is -2.63. The van der Waals surface area contributed by atoms with Gasteiger partial charge in [0, 0.05) is 24.1 Å². The molecule has 10 heteroatoms. The number of esters is 2. The Morgan fingerprint density at radius 2 is 1.77 bits per heavy atom. The average Bonchev–Trinajstić information content (AvgIpc) is 2.71. The lowest BCUT2D eigenvalue weighted by atomic mass is 9.43. The fourth-order valence-electron chi connectivity index (χ4n) is 4.89. The van der Waals surface area contributed by atoms with Gasteiger partial charge < -0.3 is 9.47 Å². The summed E-state index contributed by atoms with van der Waals surface area (Å²) in [7, 11) is 0. The lowest BCUT2D eigenvalue weighted by molar-refractivity contribution is -0.394. The van der Waals surface area contributed by atoms with Crippen LogP contribution in [-0.2, 0) is 14.3 Å². The minimum Gasteiger partial charge on any atom is -0.463 e. The van der Waals surface area contributed by atoms with Crippen LogP contribution in [0, 0.1) is 37.5 Å². The molecule has 166 valence electrons. The number of hydrogen-bond donors (Lipinski definition) is 0. The Morgan fingerprint density at radius 1 is 1.16 bits per heavy atom. The predicted octanol–water partition coefficient (Wildman–Crippen LogP) is 3.97. The van der Waals surface area contributed by atoms with E-state index in [1.54, 1.807) is 13.8 Å². The highest BCUT2D eigenvalue weighted by Crippen LogP contribution is 2.64. The van der Waals surface area contributed by atoms with Gasteiger partial charge in [0.1, 0.15) is 5.60 Å². The summed E-state index contributed by atoms with van der Waals surface area (Å²) in [5.74, 6) is -1.01. The van der Waals surface area contributed by atoms with E-state index in [0.717, 1.165) is 31.0 Å². The zero-order valence-corrected chi connectivity index (χ0v) is 17.5. The maximum Gasteiger partial charge on any atom is 0.339 e. The number of rotatable bonds is 7. The standard InChI is InChI=1S/C21H24N2O8/c1-4-30-18(24)6-7-20(2)14-5-8-21(3,17(20)11-14)31-19(25)13-9-15(22(26)27)12-16(10-13)23(28)29/h6-7,9-10,12,14,17H,4-5,8,11H2,1-3H3/b7-6+/t14-,17+,20+,21?/m0/s1. The first-order chi connectivity index (χ1) is 14.5. The van der Waals surface area contributed by atoms with Crippen molar-refractivity contribution in [3.05, 3.63) is 56.1 Å². The summed E-state index contributed by atoms with van der Waals surface area (Å²) in [4.78, 5) is 45.2. The SMILES string of the molecule is CCOC(=O)/C=C/[C@]1(C)[C@H]2CCC(C)(OC(=O)c3cc([N+](=O)[O-])cc([N+](=O)[O-])c3)[C@@H]1C2. The van der Waals surface area contributed by atoms with Crippen LogP contribution in [0.4, 0.5) is 11.4 Å². The van der Waals surface area contributed by atoms with Gasteiger partial charge in [0.15, 0.2) is 0 Å². The Balaban J connectivity index is 1.84. The van der Waals surface area contributed by atoms with Crippen LogP contribution in [0.1, 0.15) is 50.4 Å². The maximum absolute atomic E-state index is 12.8. The Hall–Kier alpha value is -3.30. The van der Waals surface area contributed by atoms with Gasteiger partial charge in [-0.05, 0) is 44.4 Å². The van der Waals surface area contributed by atoms with Crippen LogP contribution in [0.3, 0.4) is 0 Å². The summed E-state index contributed by atoms with van der Waals surface area (Å²) in [5, 5.41) is 22.2. The molecule has 4 rings (SSSR count). The van der Waals surface area contributed by atoms with Crippen molar-refractivity contribution >= 4 is 23.3 Å². The molecule has 0 spiro atoms. The molecule has 2 bridgehead atoms. The predicted molar refractivity (Wildman–Crippen MR) is 108 cm³/mol. The first-order valence-corrected chi connectivity index (χ1v) is 10.0. The normalized spacial score (nSPS) is 29.1. The largest absolute Gasteiger partial charge is 0.463 e. The lowest BCUT2D eigenvalue weighted by Crippen LogP contribution is -2.62. The van der Waals surface area contributed by atoms with Gasteiger partial charge in [0.05, 0.1) is 28.1 Å². The van der Waals surface area contributed by atoms with Crippen molar-refractivity contribution in [2.75, 3.05) is 6.61 Å². The molecule has 3 saturated carbocycles. The van der Waals surface area contributed by atoms with Gasteiger partial charge >= 0.3 is 11.9 Å². The molecule has 1 aromatic rings. The van der Waals surface area contributed by atoms with Crippen LogP contribution >= 0.6 is 0 Å². The molecule has 0 amide bonds. The van der Waals surface area contributed by atoms with Crippen molar-refractivity contribution < 1.29 is 28.9 Å². The molecule has 0 radical (unpaired) electrons. The molecule has 0 aromatic heterocycles. The molecule has 3 fully saturated rings. The second kappa shape index (κ2) is 8.09. The van der Waals surface area contributed by atoms with Gasteiger partial charge in [0.2, 0.25) is 0 Å². The van der Waals surface area contributed by atoms with E-state index < -0.39 is 38.8 Å². The molecule has 0 saturated heterocycles. The summed E-state index contributed by atoms with van der Waals surface area (Å²) in [5.41, 5.74) is -2.60. The van der Waals surface area contributed by atoms with Gasteiger partial charge in [-0.25, -0.2) is 9.59 Å². The third kappa shape index (κ3) is 4.14. The van der Waals surface area contributed by atoms with E-state index in [0.29, 0.717) is 12.3 Å². The van der Waals surface area contributed by atoms with Crippen LogP contribution < -0.4 is 0 Å². The fraction of sp³-hybridized carbons (Fsp3) is 0.524. The highest BCUT2D eigenvalue weighted by atomic mass is 16.6. The number of non-ortho nitro benzene ring substituents is 2. The molecule has 1 aromatic carbocycles. The summed E-state index contributed by atoms with van der Waals surface area (Å²) in [6.07, 6.45) is 5.39. The summed E-state index contributed by atoms with van der Waals surface area (Å²) < 4.78 is 10.7. The average molecular weight is 432 g/mol. The van der Waals surface area contributed by atoms with Crippen molar-refractivity contribution in [2.45, 2.75) is 45.6 Å². The number of carbonyl (C=O) groups is 2. The molecule has 0 heterocycles. The van der Waals surface area contributed by atoms with Gasteiger partial charge in [-0.3, -0.25) is 20.2 Å². The number of fused-ring (bicyclic) bond motifs is 2. The van der Waals surface area contributed by atoms with Crippen LogP contribution in [-0.4, -0.2) is 34.0 Å². The van der Waals surface area contributed by atoms with Crippen molar-refractivity contribution in [1.82, 2.24) is 0 Å². The third-order valence-corrected chi connectivity index (χ3v) is 6.63. The first kappa shape index (κ1) is 22.4. The minimum absolute atomic E-state index is 0.0675. The molecule has 0 aliphatic heterocycles.